The molecule has 0 atom stereocenters. The molecule has 2 aromatic rings. The first-order chi connectivity index (χ1) is 10.2. The monoisotopic (exact) mass is 417 g/mol. The number of nitrogens with one attached hydrogen (secondary N) is 1. The van der Waals surface area contributed by atoms with Crippen molar-refractivity contribution in [2.24, 2.45) is 0 Å². The van der Waals surface area contributed by atoms with Crippen molar-refractivity contribution in [2.75, 3.05) is 0 Å². The first-order valence-corrected chi connectivity index (χ1v) is 9.16. The molecule has 9 heteroatoms. The molecular formula is C13H8Cl5NO2S. The number of hydrogen-bond acceptors (Lipinski definition) is 2. The summed E-state index contributed by atoms with van der Waals surface area (Å²) >= 11 is 29.2. The van der Waals surface area contributed by atoms with E-state index in [1.165, 1.54) is 12.1 Å². The van der Waals surface area contributed by atoms with Gasteiger partial charge in [0.2, 0.25) is 10.0 Å². The summed E-state index contributed by atoms with van der Waals surface area (Å²) in [6, 6.07) is 7.29. The maximum Gasteiger partial charge on any atom is 0.242 e. The van der Waals surface area contributed by atoms with Gasteiger partial charge in [0.15, 0.2) is 0 Å². The average Bonchev–Trinajstić information content (AvgIpc) is 2.44. The van der Waals surface area contributed by atoms with Crippen molar-refractivity contribution >= 4 is 68.0 Å². The second-order valence-corrected chi connectivity index (χ2v) is 8.04. The lowest BCUT2D eigenvalue weighted by molar-refractivity contribution is 0.581. The van der Waals surface area contributed by atoms with Gasteiger partial charge in [0, 0.05) is 6.54 Å². The zero-order valence-corrected chi connectivity index (χ0v) is 15.3. The molecule has 0 aliphatic heterocycles. The standard InChI is InChI=1S/C13H8Cl5NO2S/c14-8-2-1-7(3-9(8)15)6-19-22(20,21)13-5-11(17)10(16)4-12(13)18/h1-5,19H,6H2. The van der Waals surface area contributed by atoms with Crippen molar-refractivity contribution in [1.82, 2.24) is 4.72 Å². The molecule has 0 aromatic heterocycles. The van der Waals surface area contributed by atoms with Gasteiger partial charge in [0.1, 0.15) is 4.90 Å². The number of sulfonamides is 1. The highest BCUT2D eigenvalue weighted by atomic mass is 35.5. The Kier molecular flexibility index (Phi) is 5.89. The molecule has 0 unspecified atom stereocenters. The molecule has 0 spiro atoms. The third-order valence-corrected chi connectivity index (χ3v) is 6.04. The highest BCUT2D eigenvalue weighted by molar-refractivity contribution is 7.89. The molecule has 2 aromatic carbocycles. The molecule has 0 aliphatic rings. The van der Waals surface area contributed by atoms with Gasteiger partial charge in [0.05, 0.1) is 25.1 Å². The van der Waals surface area contributed by atoms with Crippen LogP contribution in [0, 0.1) is 0 Å². The number of benzene rings is 2. The SMILES string of the molecule is O=S(=O)(NCc1ccc(Cl)c(Cl)c1)c1cc(Cl)c(Cl)cc1Cl. The van der Waals surface area contributed by atoms with Crippen LogP contribution in [-0.2, 0) is 16.6 Å². The Morgan fingerprint density at radius 1 is 0.773 bits per heavy atom. The maximum atomic E-state index is 12.3. The normalized spacial score (nSPS) is 11.7. The van der Waals surface area contributed by atoms with Crippen LogP contribution in [0.3, 0.4) is 0 Å². The van der Waals surface area contributed by atoms with E-state index in [0.717, 1.165) is 0 Å². The third kappa shape index (κ3) is 4.20. The Balaban J connectivity index is 2.24. The highest BCUT2D eigenvalue weighted by Crippen LogP contribution is 2.31. The number of rotatable bonds is 4. The molecule has 0 bridgehead atoms. The van der Waals surface area contributed by atoms with Crippen molar-refractivity contribution in [2.45, 2.75) is 11.4 Å². The summed E-state index contributed by atoms with van der Waals surface area (Å²) in [6.07, 6.45) is 0. The summed E-state index contributed by atoms with van der Waals surface area (Å²) < 4.78 is 27.0. The second kappa shape index (κ2) is 7.14. The summed E-state index contributed by atoms with van der Waals surface area (Å²) in [5, 5.41) is 0.985. The quantitative estimate of drug-likeness (QED) is 0.672. The number of halogens is 5. The fraction of sp³-hybridized carbons (Fsp3) is 0.0769. The van der Waals surface area contributed by atoms with Crippen molar-refractivity contribution < 1.29 is 8.42 Å². The van der Waals surface area contributed by atoms with E-state index in [0.29, 0.717) is 15.6 Å². The van der Waals surface area contributed by atoms with Gasteiger partial charge in [0.25, 0.3) is 0 Å². The summed E-state index contributed by atoms with van der Waals surface area (Å²) in [5.41, 5.74) is 0.647. The van der Waals surface area contributed by atoms with Crippen LogP contribution in [0.15, 0.2) is 35.2 Å². The number of hydrogen-bond donors (Lipinski definition) is 1. The van der Waals surface area contributed by atoms with Gasteiger partial charge in [-0.15, -0.1) is 0 Å². The molecule has 0 aliphatic carbocycles. The molecule has 1 N–H and O–H groups in total. The van der Waals surface area contributed by atoms with Gasteiger partial charge in [-0.1, -0.05) is 64.1 Å². The van der Waals surface area contributed by atoms with E-state index in [1.54, 1.807) is 18.2 Å². The summed E-state index contributed by atoms with van der Waals surface area (Å²) in [6.45, 7) is 0.0236. The van der Waals surface area contributed by atoms with E-state index in [9.17, 15) is 8.42 Å². The minimum Gasteiger partial charge on any atom is -0.207 e. The van der Waals surface area contributed by atoms with E-state index in [-0.39, 0.29) is 26.5 Å². The lowest BCUT2D eigenvalue weighted by Gasteiger charge is -2.10. The topological polar surface area (TPSA) is 46.2 Å². The molecule has 0 heterocycles. The van der Waals surface area contributed by atoms with Gasteiger partial charge >= 0.3 is 0 Å². The van der Waals surface area contributed by atoms with Crippen LogP contribution >= 0.6 is 58.0 Å². The van der Waals surface area contributed by atoms with Gasteiger partial charge < -0.3 is 0 Å². The molecule has 22 heavy (non-hydrogen) atoms. The lowest BCUT2D eigenvalue weighted by Crippen LogP contribution is -2.23. The summed E-state index contributed by atoms with van der Waals surface area (Å²) in [7, 11) is -3.85. The molecule has 118 valence electrons. The van der Waals surface area contributed by atoms with Crippen molar-refractivity contribution in [3.05, 3.63) is 61.0 Å². The van der Waals surface area contributed by atoms with E-state index in [2.05, 4.69) is 4.72 Å². The average molecular weight is 420 g/mol. The van der Waals surface area contributed by atoms with Crippen LogP contribution in [0.5, 0.6) is 0 Å². The van der Waals surface area contributed by atoms with Crippen LogP contribution in [0.25, 0.3) is 0 Å². The Bertz CT molecular complexity index is 823. The fourth-order valence-corrected chi connectivity index (χ4v) is 3.95. The Labute approximate surface area is 153 Å². The van der Waals surface area contributed by atoms with Gasteiger partial charge in [-0.2, -0.15) is 0 Å². The van der Waals surface area contributed by atoms with Crippen LogP contribution in [0.1, 0.15) is 5.56 Å². The molecule has 2 rings (SSSR count). The Morgan fingerprint density at radius 2 is 1.36 bits per heavy atom. The van der Waals surface area contributed by atoms with Gasteiger partial charge in [-0.05, 0) is 29.8 Å². The summed E-state index contributed by atoms with van der Waals surface area (Å²) in [4.78, 5) is -0.149. The lowest BCUT2D eigenvalue weighted by atomic mass is 10.2. The van der Waals surface area contributed by atoms with Crippen LogP contribution in [0.4, 0.5) is 0 Å². The van der Waals surface area contributed by atoms with E-state index < -0.39 is 10.0 Å². The van der Waals surface area contributed by atoms with Gasteiger partial charge in [-0.25, -0.2) is 13.1 Å². The zero-order valence-electron chi connectivity index (χ0n) is 10.7. The minimum absolute atomic E-state index is 0.0176. The predicted octanol–water partition coefficient (Wildman–Crippen LogP) is 5.43. The highest BCUT2D eigenvalue weighted by Gasteiger charge is 2.19. The minimum atomic E-state index is -3.85. The van der Waals surface area contributed by atoms with Crippen molar-refractivity contribution in [3.8, 4) is 0 Å². The summed E-state index contributed by atoms with van der Waals surface area (Å²) in [5.74, 6) is 0. The van der Waals surface area contributed by atoms with Crippen molar-refractivity contribution in [1.29, 1.82) is 0 Å². The zero-order chi connectivity index (χ0) is 16.5. The second-order valence-electron chi connectivity index (χ2n) is 4.27. The third-order valence-electron chi connectivity index (χ3n) is 2.71. The molecule has 0 saturated heterocycles. The molecule has 0 amide bonds. The first-order valence-electron chi connectivity index (χ1n) is 5.79. The van der Waals surface area contributed by atoms with E-state index in [4.69, 9.17) is 58.0 Å². The van der Waals surface area contributed by atoms with Crippen molar-refractivity contribution in [3.63, 3.8) is 0 Å². The molecule has 3 nitrogen and oxygen atoms in total. The van der Waals surface area contributed by atoms with E-state index >= 15 is 0 Å². The van der Waals surface area contributed by atoms with E-state index in [1.807, 2.05) is 0 Å². The van der Waals surface area contributed by atoms with Crippen LogP contribution < -0.4 is 4.72 Å². The molecule has 0 saturated carbocycles. The largest absolute Gasteiger partial charge is 0.242 e. The first kappa shape index (κ1) is 18.1. The maximum absolute atomic E-state index is 12.3. The predicted molar refractivity (Wildman–Crippen MR) is 92.0 cm³/mol. The van der Waals surface area contributed by atoms with Crippen LogP contribution in [-0.4, -0.2) is 8.42 Å². The molecular weight excluding hydrogens is 411 g/mol. The molecule has 0 radical (unpaired) electrons. The fourth-order valence-electron chi connectivity index (χ4n) is 1.62. The molecule has 0 fully saturated rings. The Hall–Kier alpha value is -0.200. The smallest absolute Gasteiger partial charge is 0.207 e. The van der Waals surface area contributed by atoms with Crippen LogP contribution in [0.2, 0.25) is 25.1 Å². The van der Waals surface area contributed by atoms with Gasteiger partial charge in [-0.3, -0.25) is 0 Å². The Morgan fingerprint density at radius 3 is 2.00 bits per heavy atom.